The third-order valence-electron chi connectivity index (χ3n) is 3.32. The molecule has 6 nitrogen and oxygen atoms in total. The standard InChI is InChI=1S/C18H18N2O4/c1-12(21)20-11-13-7-9-15(10-8-13)18(23)24-16(17(19)22)14-5-3-2-4-6-14/h2-10,16H,11H2,1H3,(H2,19,22)(H,20,21)/t16-/m0/s1. The quantitative estimate of drug-likeness (QED) is 0.789. The number of primary amides is 1. The molecule has 6 heteroatoms. The highest BCUT2D eigenvalue weighted by atomic mass is 16.5. The lowest BCUT2D eigenvalue weighted by molar-refractivity contribution is -0.127. The van der Waals surface area contributed by atoms with Crippen LogP contribution < -0.4 is 11.1 Å². The van der Waals surface area contributed by atoms with Crippen molar-refractivity contribution in [2.45, 2.75) is 19.6 Å². The van der Waals surface area contributed by atoms with Gasteiger partial charge in [-0.05, 0) is 17.7 Å². The van der Waals surface area contributed by atoms with Gasteiger partial charge in [0.15, 0.2) is 0 Å². The number of nitrogens with one attached hydrogen (secondary N) is 1. The smallest absolute Gasteiger partial charge is 0.339 e. The van der Waals surface area contributed by atoms with Gasteiger partial charge in [-0.1, -0.05) is 42.5 Å². The number of benzene rings is 2. The van der Waals surface area contributed by atoms with Gasteiger partial charge in [-0.25, -0.2) is 4.79 Å². The molecule has 0 radical (unpaired) electrons. The van der Waals surface area contributed by atoms with E-state index in [9.17, 15) is 14.4 Å². The summed E-state index contributed by atoms with van der Waals surface area (Å²) in [4.78, 5) is 34.7. The summed E-state index contributed by atoms with van der Waals surface area (Å²) in [5.41, 5.74) is 6.98. The summed E-state index contributed by atoms with van der Waals surface area (Å²) >= 11 is 0. The van der Waals surface area contributed by atoms with Crippen LogP contribution in [0, 0.1) is 0 Å². The lowest BCUT2D eigenvalue weighted by atomic mass is 10.1. The molecule has 0 unspecified atom stereocenters. The van der Waals surface area contributed by atoms with Crippen LogP contribution in [0.4, 0.5) is 0 Å². The first kappa shape index (κ1) is 17.2. The van der Waals surface area contributed by atoms with Crippen LogP contribution >= 0.6 is 0 Å². The highest BCUT2D eigenvalue weighted by Crippen LogP contribution is 2.19. The summed E-state index contributed by atoms with van der Waals surface area (Å²) in [6, 6.07) is 15.1. The van der Waals surface area contributed by atoms with Gasteiger partial charge in [0.2, 0.25) is 12.0 Å². The summed E-state index contributed by atoms with van der Waals surface area (Å²) in [6.07, 6.45) is -1.14. The Kier molecular flexibility index (Phi) is 5.68. The molecule has 0 saturated heterocycles. The maximum absolute atomic E-state index is 12.2. The first-order chi connectivity index (χ1) is 11.5. The summed E-state index contributed by atoms with van der Waals surface area (Å²) < 4.78 is 5.24. The van der Waals surface area contributed by atoms with E-state index in [1.54, 1.807) is 54.6 Å². The molecule has 0 heterocycles. The lowest BCUT2D eigenvalue weighted by Crippen LogP contribution is -2.26. The molecule has 0 aliphatic carbocycles. The first-order valence-electron chi connectivity index (χ1n) is 7.36. The average Bonchev–Trinajstić information content (AvgIpc) is 2.58. The molecule has 124 valence electrons. The van der Waals surface area contributed by atoms with Crippen molar-refractivity contribution in [1.82, 2.24) is 5.32 Å². The van der Waals surface area contributed by atoms with Crippen LogP contribution in [-0.4, -0.2) is 17.8 Å². The molecule has 2 aromatic rings. The lowest BCUT2D eigenvalue weighted by Gasteiger charge is -2.15. The van der Waals surface area contributed by atoms with Gasteiger partial charge in [0, 0.05) is 19.0 Å². The molecule has 0 fully saturated rings. The fraction of sp³-hybridized carbons (Fsp3) is 0.167. The molecule has 24 heavy (non-hydrogen) atoms. The van der Waals surface area contributed by atoms with Gasteiger partial charge in [-0.15, -0.1) is 0 Å². The summed E-state index contributed by atoms with van der Waals surface area (Å²) in [7, 11) is 0. The van der Waals surface area contributed by atoms with Gasteiger partial charge in [-0.3, -0.25) is 9.59 Å². The highest BCUT2D eigenvalue weighted by molar-refractivity contribution is 5.92. The number of carbonyl (C=O) groups excluding carboxylic acids is 3. The number of rotatable bonds is 6. The van der Waals surface area contributed by atoms with E-state index in [4.69, 9.17) is 10.5 Å². The molecule has 0 aromatic heterocycles. The minimum atomic E-state index is -1.14. The zero-order valence-corrected chi connectivity index (χ0v) is 13.2. The zero-order chi connectivity index (χ0) is 17.5. The van der Waals surface area contributed by atoms with E-state index in [2.05, 4.69) is 5.32 Å². The fourth-order valence-corrected chi connectivity index (χ4v) is 2.08. The molecule has 0 aliphatic heterocycles. The van der Waals surface area contributed by atoms with Gasteiger partial charge < -0.3 is 15.8 Å². The van der Waals surface area contributed by atoms with Crippen LogP contribution in [0.2, 0.25) is 0 Å². The van der Waals surface area contributed by atoms with E-state index in [1.807, 2.05) is 0 Å². The van der Waals surface area contributed by atoms with Crippen LogP contribution in [0.5, 0.6) is 0 Å². The molecule has 0 aliphatic rings. The fourth-order valence-electron chi connectivity index (χ4n) is 2.08. The Hall–Kier alpha value is -3.15. The second-order valence-electron chi connectivity index (χ2n) is 5.21. The van der Waals surface area contributed by atoms with Gasteiger partial charge >= 0.3 is 5.97 Å². The molecule has 0 spiro atoms. The Morgan fingerprint density at radius 2 is 1.67 bits per heavy atom. The second kappa shape index (κ2) is 7.92. The Morgan fingerprint density at radius 1 is 1.04 bits per heavy atom. The van der Waals surface area contributed by atoms with E-state index in [0.29, 0.717) is 17.7 Å². The van der Waals surface area contributed by atoms with E-state index in [-0.39, 0.29) is 5.91 Å². The predicted molar refractivity (Wildman–Crippen MR) is 87.8 cm³/mol. The van der Waals surface area contributed by atoms with Crippen molar-refractivity contribution in [3.8, 4) is 0 Å². The molecule has 1 atom stereocenters. The van der Waals surface area contributed by atoms with Crippen molar-refractivity contribution in [2.75, 3.05) is 0 Å². The zero-order valence-electron chi connectivity index (χ0n) is 13.2. The van der Waals surface area contributed by atoms with Crippen LogP contribution in [0.3, 0.4) is 0 Å². The van der Waals surface area contributed by atoms with Crippen LogP contribution in [-0.2, 0) is 20.9 Å². The predicted octanol–water partition coefficient (Wildman–Crippen LogP) is 1.71. The van der Waals surface area contributed by atoms with Gasteiger partial charge in [0.1, 0.15) is 0 Å². The normalized spacial score (nSPS) is 11.4. The molecule has 2 aromatic carbocycles. The molecule has 2 rings (SSSR count). The Bertz CT molecular complexity index is 726. The monoisotopic (exact) mass is 326 g/mol. The number of nitrogens with two attached hydrogens (primary N) is 1. The van der Waals surface area contributed by atoms with Gasteiger partial charge in [0.05, 0.1) is 5.56 Å². The van der Waals surface area contributed by atoms with Crippen molar-refractivity contribution in [3.63, 3.8) is 0 Å². The first-order valence-corrected chi connectivity index (χ1v) is 7.36. The number of ether oxygens (including phenoxy) is 1. The van der Waals surface area contributed by atoms with Crippen molar-refractivity contribution in [2.24, 2.45) is 5.73 Å². The molecule has 3 N–H and O–H groups in total. The minimum Gasteiger partial charge on any atom is -0.444 e. The molecule has 0 bridgehead atoms. The van der Waals surface area contributed by atoms with Crippen LogP contribution in [0.25, 0.3) is 0 Å². The SMILES string of the molecule is CC(=O)NCc1ccc(C(=O)O[C@H](C(N)=O)c2ccccc2)cc1. The molecular weight excluding hydrogens is 308 g/mol. The average molecular weight is 326 g/mol. The third-order valence-corrected chi connectivity index (χ3v) is 3.32. The largest absolute Gasteiger partial charge is 0.444 e. The minimum absolute atomic E-state index is 0.134. The number of amides is 2. The van der Waals surface area contributed by atoms with Crippen molar-refractivity contribution < 1.29 is 19.1 Å². The van der Waals surface area contributed by atoms with Crippen molar-refractivity contribution >= 4 is 17.8 Å². The topological polar surface area (TPSA) is 98.5 Å². The van der Waals surface area contributed by atoms with Gasteiger partial charge in [0.25, 0.3) is 5.91 Å². The number of hydrogen-bond donors (Lipinski definition) is 2. The van der Waals surface area contributed by atoms with Crippen molar-refractivity contribution in [1.29, 1.82) is 0 Å². The van der Waals surface area contributed by atoms with Crippen LogP contribution in [0.15, 0.2) is 54.6 Å². The van der Waals surface area contributed by atoms with Crippen molar-refractivity contribution in [3.05, 3.63) is 71.3 Å². The Morgan fingerprint density at radius 3 is 2.21 bits per heavy atom. The molecule has 2 amide bonds. The van der Waals surface area contributed by atoms with E-state index >= 15 is 0 Å². The number of esters is 1. The highest BCUT2D eigenvalue weighted by Gasteiger charge is 2.23. The summed E-state index contributed by atoms with van der Waals surface area (Å²) in [5.74, 6) is -1.52. The maximum atomic E-state index is 12.2. The van der Waals surface area contributed by atoms with E-state index in [1.165, 1.54) is 6.92 Å². The Labute approximate surface area is 139 Å². The second-order valence-corrected chi connectivity index (χ2v) is 5.21. The molecular formula is C18H18N2O4. The number of hydrogen-bond acceptors (Lipinski definition) is 4. The maximum Gasteiger partial charge on any atom is 0.339 e. The summed E-state index contributed by atoms with van der Waals surface area (Å²) in [6.45, 7) is 1.80. The molecule has 0 saturated carbocycles. The number of carbonyl (C=O) groups is 3. The van der Waals surface area contributed by atoms with Crippen LogP contribution in [0.1, 0.15) is 34.5 Å². The van der Waals surface area contributed by atoms with Gasteiger partial charge in [-0.2, -0.15) is 0 Å². The van der Waals surface area contributed by atoms with E-state index in [0.717, 1.165) is 5.56 Å². The Balaban J connectivity index is 2.07. The third kappa shape index (κ3) is 4.67. The summed E-state index contributed by atoms with van der Waals surface area (Å²) in [5, 5.41) is 2.66. The van der Waals surface area contributed by atoms with E-state index < -0.39 is 18.0 Å².